The van der Waals surface area contributed by atoms with E-state index in [0.717, 1.165) is 24.6 Å². The number of aryl methyl sites for hydroxylation is 1. The van der Waals surface area contributed by atoms with Crippen LogP contribution >= 0.6 is 0 Å². The molecular weight excluding hydrogens is 174 g/mol. The molecule has 2 N–H and O–H groups in total. The van der Waals surface area contributed by atoms with E-state index in [4.69, 9.17) is 0 Å². The van der Waals surface area contributed by atoms with Crippen molar-refractivity contribution in [3.05, 3.63) is 17.8 Å². The van der Waals surface area contributed by atoms with Crippen LogP contribution < -0.4 is 10.6 Å². The fraction of sp³-hybridized carbons (Fsp3) is 0.545. The van der Waals surface area contributed by atoms with Crippen molar-refractivity contribution < 1.29 is 0 Å². The molecule has 1 aliphatic heterocycles. The predicted molar refractivity (Wildman–Crippen MR) is 57.6 cm³/mol. The summed E-state index contributed by atoms with van der Waals surface area (Å²) in [5, 5.41) is 6.93. The number of hydrogen-bond acceptors (Lipinski definition) is 3. The second-order valence-corrected chi connectivity index (χ2v) is 4.62. The van der Waals surface area contributed by atoms with Crippen molar-refractivity contribution in [1.29, 1.82) is 0 Å². The summed E-state index contributed by atoms with van der Waals surface area (Å²) in [5.74, 6) is 1.01. The second kappa shape index (κ2) is 2.62. The molecule has 74 valence electrons. The molecule has 1 spiro atoms. The van der Waals surface area contributed by atoms with Gasteiger partial charge in [0.15, 0.2) is 0 Å². The van der Waals surface area contributed by atoms with Gasteiger partial charge in [-0.2, -0.15) is 0 Å². The summed E-state index contributed by atoms with van der Waals surface area (Å²) in [6.45, 7) is 4.24. The summed E-state index contributed by atoms with van der Waals surface area (Å²) < 4.78 is 0. The maximum atomic E-state index is 4.40. The van der Waals surface area contributed by atoms with Crippen LogP contribution in [0.15, 0.2) is 12.3 Å². The lowest BCUT2D eigenvalue weighted by molar-refractivity contribution is 0.581. The van der Waals surface area contributed by atoms with Crippen LogP contribution in [-0.2, 0) is 0 Å². The first-order chi connectivity index (χ1) is 6.77. The van der Waals surface area contributed by atoms with E-state index in [1.54, 1.807) is 0 Å². The van der Waals surface area contributed by atoms with Crippen LogP contribution in [0, 0.1) is 12.3 Å². The third kappa shape index (κ3) is 1.24. The summed E-state index contributed by atoms with van der Waals surface area (Å²) in [6.07, 6.45) is 4.61. The van der Waals surface area contributed by atoms with Gasteiger partial charge in [0.1, 0.15) is 5.82 Å². The standard InChI is InChI=1S/C11H15N3/c1-8-4-9-10(12-5-8)14-7-11(2-3-11)6-13-9/h4-5,13H,2-3,6-7H2,1H3,(H,12,14). The molecule has 1 aliphatic carbocycles. The van der Waals surface area contributed by atoms with Gasteiger partial charge in [0.25, 0.3) is 0 Å². The minimum atomic E-state index is 0.522. The Bertz CT molecular complexity index is 369. The van der Waals surface area contributed by atoms with Crippen molar-refractivity contribution in [1.82, 2.24) is 4.98 Å². The van der Waals surface area contributed by atoms with Crippen LogP contribution in [0.4, 0.5) is 11.5 Å². The molecule has 0 saturated heterocycles. The third-order valence-electron chi connectivity index (χ3n) is 3.27. The van der Waals surface area contributed by atoms with E-state index in [-0.39, 0.29) is 0 Å². The first-order valence-corrected chi connectivity index (χ1v) is 5.22. The Morgan fingerprint density at radius 1 is 1.29 bits per heavy atom. The molecule has 0 atom stereocenters. The molecule has 2 aliphatic rings. The molecule has 0 aromatic carbocycles. The van der Waals surface area contributed by atoms with E-state index in [2.05, 4.69) is 28.6 Å². The summed E-state index contributed by atoms with van der Waals surface area (Å²) in [7, 11) is 0. The van der Waals surface area contributed by atoms with Crippen LogP contribution in [0.2, 0.25) is 0 Å². The lowest BCUT2D eigenvalue weighted by Crippen LogP contribution is -2.19. The van der Waals surface area contributed by atoms with Crippen LogP contribution in [-0.4, -0.2) is 18.1 Å². The fourth-order valence-electron chi connectivity index (χ4n) is 1.99. The average Bonchev–Trinajstić information content (AvgIpc) is 2.96. The number of hydrogen-bond donors (Lipinski definition) is 2. The Labute approximate surface area is 83.9 Å². The summed E-state index contributed by atoms with van der Waals surface area (Å²) in [6, 6.07) is 2.16. The Balaban J connectivity index is 1.93. The third-order valence-corrected chi connectivity index (χ3v) is 3.27. The first-order valence-electron chi connectivity index (χ1n) is 5.22. The predicted octanol–water partition coefficient (Wildman–Crippen LogP) is 2.01. The van der Waals surface area contributed by atoms with Gasteiger partial charge in [-0.05, 0) is 31.4 Å². The number of rotatable bonds is 0. The van der Waals surface area contributed by atoms with Crippen molar-refractivity contribution >= 4 is 11.5 Å². The van der Waals surface area contributed by atoms with Crippen LogP contribution in [0.1, 0.15) is 18.4 Å². The van der Waals surface area contributed by atoms with Crippen molar-refractivity contribution in [2.45, 2.75) is 19.8 Å². The van der Waals surface area contributed by atoms with Crippen LogP contribution in [0.5, 0.6) is 0 Å². The molecule has 3 nitrogen and oxygen atoms in total. The van der Waals surface area contributed by atoms with Gasteiger partial charge in [0, 0.05) is 24.7 Å². The lowest BCUT2D eigenvalue weighted by Gasteiger charge is -2.10. The lowest BCUT2D eigenvalue weighted by atomic mass is 10.1. The molecule has 1 fully saturated rings. The SMILES string of the molecule is Cc1cnc2c(c1)NCC1(CC1)CN2. The minimum absolute atomic E-state index is 0.522. The fourth-order valence-corrected chi connectivity index (χ4v) is 1.99. The Morgan fingerprint density at radius 2 is 2.07 bits per heavy atom. The highest BCUT2D eigenvalue weighted by molar-refractivity contribution is 5.66. The summed E-state index contributed by atoms with van der Waals surface area (Å²) in [5.41, 5.74) is 2.90. The summed E-state index contributed by atoms with van der Waals surface area (Å²) in [4.78, 5) is 4.40. The maximum absolute atomic E-state index is 4.40. The molecule has 14 heavy (non-hydrogen) atoms. The number of nitrogens with zero attached hydrogens (tertiary/aromatic N) is 1. The molecule has 3 rings (SSSR count). The van der Waals surface area contributed by atoms with Gasteiger partial charge in [-0.15, -0.1) is 0 Å². The quantitative estimate of drug-likeness (QED) is 0.655. The molecule has 1 aromatic heterocycles. The van der Waals surface area contributed by atoms with E-state index < -0.39 is 0 Å². The van der Waals surface area contributed by atoms with Gasteiger partial charge in [0.05, 0.1) is 5.69 Å². The van der Waals surface area contributed by atoms with E-state index in [1.165, 1.54) is 18.4 Å². The van der Waals surface area contributed by atoms with Crippen molar-refractivity contribution in [3.8, 4) is 0 Å². The van der Waals surface area contributed by atoms with E-state index in [0.29, 0.717) is 5.41 Å². The van der Waals surface area contributed by atoms with E-state index in [1.807, 2.05) is 6.20 Å². The molecule has 0 unspecified atom stereocenters. The first kappa shape index (κ1) is 8.09. The smallest absolute Gasteiger partial charge is 0.149 e. The number of nitrogens with one attached hydrogen (secondary N) is 2. The van der Waals surface area contributed by atoms with Gasteiger partial charge in [-0.3, -0.25) is 0 Å². The zero-order valence-electron chi connectivity index (χ0n) is 8.43. The molecule has 1 aromatic rings. The van der Waals surface area contributed by atoms with Gasteiger partial charge < -0.3 is 10.6 Å². The van der Waals surface area contributed by atoms with Crippen LogP contribution in [0.3, 0.4) is 0 Å². The normalized spacial score (nSPS) is 21.8. The molecule has 0 radical (unpaired) electrons. The van der Waals surface area contributed by atoms with Crippen molar-refractivity contribution in [2.75, 3.05) is 23.7 Å². The van der Waals surface area contributed by atoms with Crippen molar-refractivity contribution in [3.63, 3.8) is 0 Å². The molecule has 3 heteroatoms. The summed E-state index contributed by atoms with van der Waals surface area (Å²) >= 11 is 0. The molecule has 0 bridgehead atoms. The monoisotopic (exact) mass is 189 g/mol. The zero-order valence-corrected chi connectivity index (χ0v) is 8.43. The Hall–Kier alpha value is -1.25. The van der Waals surface area contributed by atoms with E-state index in [9.17, 15) is 0 Å². The Kier molecular flexibility index (Phi) is 1.52. The number of pyridine rings is 1. The zero-order chi connectivity index (χ0) is 9.60. The van der Waals surface area contributed by atoms with Gasteiger partial charge >= 0.3 is 0 Å². The second-order valence-electron chi connectivity index (χ2n) is 4.62. The largest absolute Gasteiger partial charge is 0.381 e. The average molecular weight is 189 g/mol. The highest BCUT2D eigenvalue weighted by Gasteiger charge is 2.43. The molecule has 0 amide bonds. The minimum Gasteiger partial charge on any atom is -0.381 e. The Morgan fingerprint density at radius 3 is 2.86 bits per heavy atom. The molecule has 1 saturated carbocycles. The highest BCUT2D eigenvalue weighted by Crippen LogP contribution is 2.47. The number of aromatic nitrogens is 1. The van der Waals surface area contributed by atoms with E-state index >= 15 is 0 Å². The van der Waals surface area contributed by atoms with Gasteiger partial charge in [0.2, 0.25) is 0 Å². The van der Waals surface area contributed by atoms with Gasteiger partial charge in [-0.1, -0.05) is 0 Å². The molecule has 2 heterocycles. The number of fused-ring (bicyclic) bond motifs is 1. The highest BCUT2D eigenvalue weighted by atomic mass is 15.1. The van der Waals surface area contributed by atoms with Crippen molar-refractivity contribution in [2.24, 2.45) is 5.41 Å². The van der Waals surface area contributed by atoms with Gasteiger partial charge in [-0.25, -0.2) is 4.98 Å². The topological polar surface area (TPSA) is 37.0 Å². The molecular formula is C11H15N3. The van der Waals surface area contributed by atoms with Crippen LogP contribution in [0.25, 0.3) is 0 Å². The number of anilines is 2. The maximum Gasteiger partial charge on any atom is 0.149 e.